The summed E-state index contributed by atoms with van der Waals surface area (Å²) < 4.78 is 56.7. The third-order valence-electron chi connectivity index (χ3n) is 10.00. The highest BCUT2D eigenvalue weighted by molar-refractivity contribution is 5.88. The van der Waals surface area contributed by atoms with Crippen LogP contribution < -0.4 is 10.9 Å². The van der Waals surface area contributed by atoms with Crippen molar-refractivity contribution >= 4 is 46.8 Å². The molecule has 20 nitrogen and oxygen atoms in total. The van der Waals surface area contributed by atoms with E-state index in [0.29, 0.717) is 17.9 Å². The van der Waals surface area contributed by atoms with E-state index in [9.17, 15) is 33.6 Å². The molecule has 0 saturated carbocycles. The summed E-state index contributed by atoms with van der Waals surface area (Å²) in [6.07, 6.45) is -7.48. The first-order chi connectivity index (χ1) is 29.2. The van der Waals surface area contributed by atoms with Gasteiger partial charge in [0.2, 0.25) is 5.60 Å². The van der Waals surface area contributed by atoms with Gasteiger partial charge < -0.3 is 57.3 Å². The molecule has 6 rings (SSSR count). The van der Waals surface area contributed by atoms with Crippen molar-refractivity contribution in [1.29, 1.82) is 0 Å². The quantitative estimate of drug-likeness (QED) is 0.0907. The van der Waals surface area contributed by atoms with Gasteiger partial charge in [0.1, 0.15) is 19.3 Å². The lowest BCUT2D eigenvalue weighted by atomic mass is 9.85. The molecule has 0 radical (unpaired) electrons. The number of amides is 1. The fourth-order valence-electron chi connectivity index (χ4n) is 7.37. The minimum absolute atomic E-state index is 0.00157. The molecule has 1 amide bonds. The third-order valence-corrected chi connectivity index (χ3v) is 10.00. The van der Waals surface area contributed by atoms with Crippen molar-refractivity contribution in [2.24, 2.45) is 0 Å². The van der Waals surface area contributed by atoms with E-state index in [1.165, 1.54) is 6.92 Å². The number of cyclic esters (lactones) is 1. The second kappa shape index (κ2) is 19.6. The molecule has 1 fully saturated rings. The summed E-state index contributed by atoms with van der Waals surface area (Å²) in [6.45, 7) is 5.97. The number of carbonyl (C=O) groups excluding carboxylic acids is 6. The van der Waals surface area contributed by atoms with Crippen LogP contribution >= 0.6 is 0 Å². The predicted octanol–water partition coefficient (Wildman–Crippen LogP) is 1.95. The smallest absolute Gasteiger partial charge is 0.408 e. The van der Waals surface area contributed by atoms with Gasteiger partial charge in [-0.25, -0.2) is 14.6 Å². The summed E-state index contributed by atoms with van der Waals surface area (Å²) in [5.41, 5.74) is 0.988. The highest BCUT2D eigenvalue weighted by atomic mass is 16.7. The molecule has 3 aliphatic heterocycles. The maximum absolute atomic E-state index is 13.8. The summed E-state index contributed by atoms with van der Waals surface area (Å²) in [4.78, 5) is 92.5. The Balaban J connectivity index is 0.981. The monoisotopic (exact) mass is 853 g/mol. The molecule has 61 heavy (non-hydrogen) atoms. The average molecular weight is 854 g/mol. The molecule has 3 aliphatic rings. The summed E-state index contributed by atoms with van der Waals surface area (Å²) in [5.74, 6) is -3.73. The highest BCUT2D eigenvalue weighted by Crippen LogP contribution is 2.41. The number of nitrogens with one attached hydrogen (secondary N) is 1. The van der Waals surface area contributed by atoms with Gasteiger partial charge >= 0.3 is 35.9 Å². The molecule has 0 bridgehead atoms. The zero-order valence-electron chi connectivity index (χ0n) is 34.3. The Morgan fingerprint density at radius 3 is 2.23 bits per heavy atom. The maximum Gasteiger partial charge on any atom is 0.408 e. The SMILES string of the molecule is CC[C@@]1(OC(=O)NCCOCCOCCO[C@@H]2O[C@H](COC(C)=O)[C@@H](OC(C)=O)[C@H](OC(C)=O)[C@H]2OC(C)=O)C(=O)OCc2c1cc1n(c2=O)Cc2cc3ccccc3nc2-1. The Morgan fingerprint density at radius 2 is 1.52 bits per heavy atom. The van der Waals surface area contributed by atoms with Crippen molar-refractivity contribution in [3.8, 4) is 11.4 Å². The fourth-order valence-corrected chi connectivity index (χ4v) is 7.37. The van der Waals surface area contributed by atoms with Crippen molar-refractivity contribution in [2.75, 3.05) is 46.2 Å². The number of ether oxygens (including phenoxy) is 10. The van der Waals surface area contributed by atoms with Crippen molar-refractivity contribution < 1.29 is 76.1 Å². The van der Waals surface area contributed by atoms with E-state index >= 15 is 0 Å². The first kappa shape index (κ1) is 44.6. The number of pyridine rings is 2. The first-order valence-electron chi connectivity index (χ1n) is 19.6. The third kappa shape index (κ3) is 10.2. The van der Waals surface area contributed by atoms with Crippen LogP contribution in [0, 0.1) is 0 Å². The topological polar surface area (TPSA) is 242 Å². The standard InChI is InChI=1S/C41H47N3O17/c1-6-41(29-18-31-33-27(17-26-9-7-8-10-30(26)43-33)19-44(31)37(49)28(29)20-56-39(41)50)61-40(51)42-11-12-52-13-14-53-15-16-54-38-36(59-25(5)48)35(58-24(4)47)34(57-23(3)46)32(60-38)21-55-22(2)45/h7-10,17-18,32,34-36,38H,6,11-16,19-21H2,1-5H3,(H,42,51)/t32-,34-,35+,36-,38-,41+/m1/s1. The lowest BCUT2D eigenvalue weighted by Crippen LogP contribution is -2.63. The van der Waals surface area contributed by atoms with E-state index in [-0.39, 0.29) is 69.3 Å². The minimum Gasteiger partial charge on any atom is -0.463 e. The van der Waals surface area contributed by atoms with Gasteiger partial charge in [-0.1, -0.05) is 25.1 Å². The van der Waals surface area contributed by atoms with Crippen molar-refractivity contribution in [3.05, 3.63) is 63.4 Å². The number of fused-ring (bicyclic) bond motifs is 5. The fraction of sp³-hybridized carbons (Fsp3) is 0.512. The number of aromatic nitrogens is 2. The number of nitrogens with zero attached hydrogens (tertiary/aromatic N) is 2. The van der Waals surface area contributed by atoms with E-state index in [1.54, 1.807) is 17.6 Å². The van der Waals surface area contributed by atoms with Crippen LogP contribution in [0.5, 0.6) is 0 Å². The van der Waals surface area contributed by atoms with Crippen LogP contribution in [0.3, 0.4) is 0 Å². The van der Waals surface area contributed by atoms with Gasteiger partial charge in [0.25, 0.3) is 5.56 Å². The number of hydrogen-bond acceptors (Lipinski definition) is 18. The van der Waals surface area contributed by atoms with E-state index in [1.807, 2.05) is 30.3 Å². The average Bonchev–Trinajstić information content (AvgIpc) is 3.57. The molecule has 5 heterocycles. The number of hydrogen-bond donors (Lipinski definition) is 1. The van der Waals surface area contributed by atoms with E-state index < -0.39 is 78.9 Å². The lowest BCUT2D eigenvalue weighted by molar-refractivity contribution is -0.309. The molecule has 2 aromatic heterocycles. The Hall–Kier alpha value is -5.96. The van der Waals surface area contributed by atoms with Crippen molar-refractivity contribution in [1.82, 2.24) is 14.9 Å². The molecule has 1 N–H and O–H groups in total. The molecular weight excluding hydrogens is 806 g/mol. The zero-order chi connectivity index (χ0) is 43.8. The molecule has 20 heteroatoms. The Kier molecular flexibility index (Phi) is 14.3. The predicted molar refractivity (Wildman–Crippen MR) is 206 cm³/mol. The second-order valence-electron chi connectivity index (χ2n) is 14.2. The summed E-state index contributed by atoms with van der Waals surface area (Å²) in [5, 5.41) is 3.50. The molecular formula is C41H47N3O17. The van der Waals surface area contributed by atoms with E-state index in [2.05, 4.69) is 5.32 Å². The number of carbonyl (C=O) groups is 6. The Labute approximate surface area is 348 Å². The minimum atomic E-state index is -1.88. The van der Waals surface area contributed by atoms with Gasteiger partial charge in [0.05, 0.1) is 62.0 Å². The van der Waals surface area contributed by atoms with Crippen LogP contribution in [-0.4, -0.2) is 122 Å². The summed E-state index contributed by atoms with van der Waals surface area (Å²) >= 11 is 0. The molecule has 0 spiro atoms. The zero-order valence-corrected chi connectivity index (χ0v) is 34.3. The van der Waals surface area contributed by atoms with Crippen molar-refractivity contribution in [2.45, 2.75) is 90.5 Å². The molecule has 3 aromatic rings. The largest absolute Gasteiger partial charge is 0.463 e. The number of rotatable bonds is 17. The van der Waals surface area contributed by atoms with Crippen LogP contribution in [0.2, 0.25) is 0 Å². The van der Waals surface area contributed by atoms with Gasteiger partial charge in [-0.05, 0) is 24.6 Å². The van der Waals surface area contributed by atoms with Gasteiger partial charge in [-0.15, -0.1) is 0 Å². The molecule has 1 saturated heterocycles. The number of para-hydroxylation sites is 1. The second-order valence-corrected chi connectivity index (χ2v) is 14.2. The Bertz CT molecular complexity index is 2220. The van der Waals surface area contributed by atoms with Crippen LogP contribution in [0.15, 0.2) is 41.2 Å². The van der Waals surface area contributed by atoms with Gasteiger partial charge in [0, 0.05) is 50.8 Å². The van der Waals surface area contributed by atoms with Crippen LogP contribution in [0.25, 0.3) is 22.3 Å². The molecule has 0 unspecified atom stereocenters. The summed E-state index contributed by atoms with van der Waals surface area (Å²) in [7, 11) is 0. The number of esters is 5. The van der Waals surface area contributed by atoms with Crippen molar-refractivity contribution in [3.63, 3.8) is 0 Å². The van der Waals surface area contributed by atoms with Crippen LogP contribution in [-0.2, 0) is 90.1 Å². The van der Waals surface area contributed by atoms with Crippen LogP contribution in [0.4, 0.5) is 4.79 Å². The van der Waals surface area contributed by atoms with Gasteiger partial charge in [-0.2, -0.15) is 0 Å². The molecule has 6 atom stereocenters. The Morgan fingerprint density at radius 1 is 0.852 bits per heavy atom. The maximum atomic E-state index is 13.8. The van der Waals surface area contributed by atoms with Gasteiger partial charge in [0.15, 0.2) is 24.6 Å². The van der Waals surface area contributed by atoms with E-state index in [0.717, 1.165) is 37.2 Å². The lowest BCUT2D eigenvalue weighted by Gasteiger charge is -2.44. The molecule has 328 valence electrons. The number of benzene rings is 1. The first-order valence-corrected chi connectivity index (χ1v) is 19.6. The van der Waals surface area contributed by atoms with Crippen LogP contribution in [0.1, 0.15) is 57.7 Å². The normalized spacial score (nSPS) is 22.5. The van der Waals surface area contributed by atoms with E-state index in [4.69, 9.17) is 52.4 Å². The van der Waals surface area contributed by atoms with Gasteiger partial charge in [-0.3, -0.25) is 24.0 Å². The molecule has 0 aliphatic carbocycles. The molecule has 1 aromatic carbocycles. The number of alkyl carbamates (subject to hydrolysis) is 1. The summed E-state index contributed by atoms with van der Waals surface area (Å²) in [6, 6.07) is 11.3. The highest BCUT2D eigenvalue weighted by Gasteiger charge is 2.53.